The molecule has 9 heteroatoms. The van der Waals surface area contributed by atoms with Crippen LogP contribution in [0.2, 0.25) is 0 Å². The van der Waals surface area contributed by atoms with E-state index in [1.165, 1.54) is 31.6 Å². The highest BCUT2D eigenvalue weighted by Gasteiger charge is 2.33. The lowest BCUT2D eigenvalue weighted by Gasteiger charge is -2.09. The third-order valence-corrected chi connectivity index (χ3v) is 4.20. The van der Waals surface area contributed by atoms with Crippen LogP contribution in [0.15, 0.2) is 47.1 Å². The molecular weight excluding hydrogens is 331 g/mol. The maximum Gasteiger partial charge on any atom is 0.418 e. The van der Waals surface area contributed by atoms with Crippen LogP contribution in [0.25, 0.3) is 6.08 Å². The van der Waals surface area contributed by atoms with Gasteiger partial charge in [0, 0.05) is 11.6 Å². The van der Waals surface area contributed by atoms with Gasteiger partial charge in [-0.05, 0) is 30.3 Å². The van der Waals surface area contributed by atoms with Gasteiger partial charge in [0.2, 0.25) is 0 Å². The molecule has 122 valence electrons. The van der Waals surface area contributed by atoms with E-state index in [1.807, 2.05) is 0 Å². The molecule has 0 fully saturated rings. The molecule has 2 heterocycles. The van der Waals surface area contributed by atoms with E-state index in [9.17, 15) is 17.4 Å². The first kappa shape index (κ1) is 16.9. The summed E-state index contributed by atoms with van der Waals surface area (Å²) in [6, 6.07) is 4.81. The maximum atomic E-state index is 12.9. The second kappa shape index (κ2) is 6.37. The average molecular weight is 343 g/mol. The number of ether oxygens (including phenoxy) is 1. The molecule has 23 heavy (non-hydrogen) atoms. The van der Waals surface area contributed by atoms with E-state index in [0.29, 0.717) is 5.75 Å². The summed E-state index contributed by atoms with van der Waals surface area (Å²) in [5.41, 5.74) is -1.37. The topological polar surface area (TPSA) is 75.9 Å². The van der Waals surface area contributed by atoms with Gasteiger partial charge in [0.1, 0.15) is 20.5 Å². The summed E-state index contributed by atoms with van der Waals surface area (Å²) in [6.07, 6.45) is -1.20. The monoisotopic (exact) mass is 343 g/mol. The van der Waals surface area contributed by atoms with Crippen molar-refractivity contribution in [1.29, 1.82) is 4.78 Å². The Bertz CT molecular complexity index is 816. The molecule has 0 aliphatic heterocycles. The van der Waals surface area contributed by atoms with Crippen LogP contribution < -0.4 is 4.74 Å². The quantitative estimate of drug-likeness (QED) is 0.920. The molecule has 0 saturated carbocycles. The van der Waals surface area contributed by atoms with Crippen LogP contribution >= 0.6 is 0 Å². The third kappa shape index (κ3) is 4.07. The number of aromatic nitrogens is 2. The zero-order valence-electron chi connectivity index (χ0n) is 11.9. The molecule has 0 aromatic carbocycles. The van der Waals surface area contributed by atoms with E-state index in [0.717, 1.165) is 23.6 Å². The summed E-state index contributed by atoms with van der Waals surface area (Å²) in [7, 11) is -2.08. The van der Waals surface area contributed by atoms with E-state index in [2.05, 4.69) is 9.97 Å². The van der Waals surface area contributed by atoms with Gasteiger partial charge in [0.15, 0.2) is 0 Å². The minimum atomic E-state index is -4.59. The molecule has 0 radical (unpaired) electrons. The molecule has 5 nitrogen and oxygen atoms in total. The number of rotatable bonds is 4. The summed E-state index contributed by atoms with van der Waals surface area (Å²) < 4.78 is 63.6. The van der Waals surface area contributed by atoms with Crippen molar-refractivity contribution in [2.24, 2.45) is 0 Å². The Balaban J connectivity index is 2.35. The van der Waals surface area contributed by atoms with Gasteiger partial charge >= 0.3 is 6.18 Å². The van der Waals surface area contributed by atoms with Gasteiger partial charge in [-0.2, -0.15) is 13.2 Å². The first-order valence-corrected chi connectivity index (χ1v) is 7.85. The Morgan fingerprint density at radius 2 is 2.00 bits per heavy atom. The molecule has 2 rings (SSSR count). The Labute approximate surface area is 130 Å². The Kier molecular flexibility index (Phi) is 4.69. The predicted molar refractivity (Wildman–Crippen MR) is 78.2 cm³/mol. The van der Waals surface area contributed by atoms with Crippen LogP contribution in [0.3, 0.4) is 0 Å². The van der Waals surface area contributed by atoms with E-state index in [-0.39, 0.29) is 5.03 Å². The smallest absolute Gasteiger partial charge is 0.418 e. The standard InChI is InChI=1S/C14H12F3N3O2S/c1-22-10-4-5-13(20-9-10)23(18,21)8-6-12-11(14(15,16)17)3-2-7-19-12/h2-9,18H,1H3/b8-6+. The van der Waals surface area contributed by atoms with Gasteiger partial charge in [-0.15, -0.1) is 0 Å². The van der Waals surface area contributed by atoms with Crippen LogP contribution in [0.5, 0.6) is 5.75 Å². The molecule has 1 N–H and O–H groups in total. The summed E-state index contributed by atoms with van der Waals surface area (Å²) >= 11 is 0. The predicted octanol–water partition coefficient (Wildman–Crippen LogP) is 3.58. The second-order valence-corrected chi connectivity index (χ2v) is 6.27. The average Bonchev–Trinajstić information content (AvgIpc) is 2.52. The SMILES string of the molecule is COc1ccc(S(=N)(=O)/C=C/c2ncccc2C(F)(F)F)nc1. The van der Waals surface area contributed by atoms with E-state index in [4.69, 9.17) is 9.52 Å². The maximum absolute atomic E-state index is 12.9. The molecular formula is C14H12F3N3O2S. The van der Waals surface area contributed by atoms with Gasteiger partial charge < -0.3 is 4.74 Å². The van der Waals surface area contributed by atoms with Crippen molar-refractivity contribution < 1.29 is 22.1 Å². The van der Waals surface area contributed by atoms with Crippen molar-refractivity contribution in [3.63, 3.8) is 0 Å². The van der Waals surface area contributed by atoms with Crippen LogP contribution in [0, 0.1) is 4.78 Å². The minimum absolute atomic E-state index is 0.0842. The number of nitrogens with zero attached hydrogens (tertiary/aromatic N) is 2. The molecule has 0 aliphatic rings. The number of alkyl halides is 3. The van der Waals surface area contributed by atoms with Crippen molar-refractivity contribution in [2.45, 2.75) is 11.2 Å². The van der Waals surface area contributed by atoms with E-state index < -0.39 is 27.2 Å². The van der Waals surface area contributed by atoms with Crippen LogP contribution in [-0.4, -0.2) is 21.3 Å². The molecule has 0 aliphatic carbocycles. The number of halogens is 3. The fourth-order valence-corrected chi connectivity index (χ4v) is 2.63. The molecule has 1 unspecified atom stereocenters. The fraction of sp³-hybridized carbons (Fsp3) is 0.143. The number of pyridine rings is 2. The van der Waals surface area contributed by atoms with Crippen LogP contribution in [0.1, 0.15) is 11.3 Å². The lowest BCUT2D eigenvalue weighted by Crippen LogP contribution is -2.08. The molecule has 0 bridgehead atoms. The van der Waals surface area contributed by atoms with Gasteiger partial charge in [-0.25, -0.2) is 14.0 Å². The Morgan fingerprint density at radius 3 is 2.57 bits per heavy atom. The Morgan fingerprint density at radius 1 is 1.26 bits per heavy atom. The Hall–Kier alpha value is -2.42. The minimum Gasteiger partial charge on any atom is -0.495 e. The summed E-state index contributed by atoms with van der Waals surface area (Å²) in [4.78, 5) is 7.44. The molecule has 0 saturated heterocycles. The normalized spacial score (nSPS) is 14.6. The van der Waals surface area contributed by atoms with Crippen LogP contribution in [-0.2, 0) is 15.9 Å². The second-order valence-electron chi connectivity index (χ2n) is 4.37. The highest BCUT2D eigenvalue weighted by molar-refractivity contribution is 7.95. The number of hydrogen-bond acceptors (Lipinski definition) is 5. The molecule has 1 atom stereocenters. The van der Waals surface area contributed by atoms with Crippen molar-refractivity contribution in [3.8, 4) is 5.75 Å². The van der Waals surface area contributed by atoms with Crippen LogP contribution in [0.4, 0.5) is 13.2 Å². The van der Waals surface area contributed by atoms with Gasteiger partial charge in [-0.1, -0.05) is 0 Å². The zero-order chi connectivity index (χ0) is 17.1. The molecule has 2 aromatic heterocycles. The zero-order valence-corrected chi connectivity index (χ0v) is 12.7. The number of nitrogens with one attached hydrogen (secondary N) is 1. The highest BCUT2D eigenvalue weighted by Crippen LogP contribution is 2.31. The summed E-state index contributed by atoms with van der Waals surface area (Å²) in [5, 5.41) is 0.776. The van der Waals surface area contributed by atoms with Gasteiger partial charge in [0.05, 0.1) is 24.6 Å². The van der Waals surface area contributed by atoms with Crippen molar-refractivity contribution in [3.05, 3.63) is 53.3 Å². The molecule has 0 spiro atoms. The van der Waals surface area contributed by atoms with Crippen molar-refractivity contribution in [1.82, 2.24) is 9.97 Å². The molecule has 2 aromatic rings. The van der Waals surface area contributed by atoms with Gasteiger partial charge in [0.25, 0.3) is 0 Å². The van der Waals surface area contributed by atoms with Crippen molar-refractivity contribution in [2.75, 3.05) is 7.11 Å². The number of hydrogen-bond donors (Lipinski definition) is 1. The first-order chi connectivity index (χ1) is 10.7. The van der Waals surface area contributed by atoms with E-state index >= 15 is 0 Å². The van der Waals surface area contributed by atoms with E-state index in [1.54, 1.807) is 0 Å². The summed E-state index contributed by atoms with van der Waals surface area (Å²) in [6.45, 7) is 0. The molecule has 0 amide bonds. The first-order valence-electron chi connectivity index (χ1n) is 6.23. The lowest BCUT2D eigenvalue weighted by atomic mass is 10.2. The summed E-state index contributed by atoms with van der Waals surface area (Å²) in [5.74, 6) is 0.414. The lowest BCUT2D eigenvalue weighted by molar-refractivity contribution is -0.138. The fourth-order valence-electron chi connectivity index (χ4n) is 1.69. The highest BCUT2D eigenvalue weighted by atomic mass is 32.2. The number of methoxy groups -OCH3 is 1. The third-order valence-electron chi connectivity index (χ3n) is 2.82. The van der Waals surface area contributed by atoms with Crippen molar-refractivity contribution >= 4 is 15.8 Å². The largest absolute Gasteiger partial charge is 0.495 e. The van der Waals surface area contributed by atoms with Gasteiger partial charge in [-0.3, -0.25) is 4.98 Å².